The van der Waals surface area contributed by atoms with E-state index in [1.807, 2.05) is 6.92 Å². The van der Waals surface area contributed by atoms with E-state index in [4.69, 9.17) is 4.74 Å². The smallest absolute Gasteiger partial charge is 0.326 e. The first kappa shape index (κ1) is 16.8. The van der Waals surface area contributed by atoms with Gasteiger partial charge >= 0.3 is 12.0 Å². The third kappa shape index (κ3) is 4.67. The third-order valence-corrected chi connectivity index (χ3v) is 3.50. The van der Waals surface area contributed by atoms with E-state index in [1.54, 1.807) is 25.7 Å². The van der Waals surface area contributed by atoms with Crippen LogP contribution in [0.4, 0.5) is 4.79 Å². The molecule has 0 aromatic rings. The molecule has 2 N–H and O–H groups in total. The average molecular weight is 286 g/mol. The summed E-state index contributed by atoms with van der Waals surface area (Å²) in [7, 11) is 0. The number of nitrogens with one attached hydrogen (secondary N) is 1. The number of aliphatic carboxylic acids is 1. The highest BCUT2D eigenvalue weighted by molar-refractivity contribution is 5.83. The lowest BCUT2D eigenvalue weighted by Crippen LogP contribution is -2.54. The fourth-order valence-corrected chi connectivity index (χ4v) is 2.25. The molecule has 1 heterocycles. The number of rotatable bonds is 5. The van der Waals surface area contributed by atoms with Crippen LogP contribution in [0.5, 0.6) is 0 Å². The van der Waals surface area contributed by atoms with Gasteiger partial charge in [-0.25, -0.2) is 9.59 Å². The predicted molar refractivity (Wildman–Crippen MR) is 75.6 cm³/mol. The Bertz CT molecular complexity index is 346. The van der Waals surface area contributed by atoms with Crippen LogP contribution < -0.4 is 5.32 Å². The summed E-state index contributed by atoms with van der Waals surface area (Å²) in [6, 6.07) is -1.25. The summed E-state index contributed by atoms with van der Waals surface area (Å²) in [4.78, 5) is 25.1. The quantitative estimate of drug-likeness (QED) is 0.806. The number of nitrogens with zero attached hydrogens (tertiary/aromatic N) is 1. The number of carbonyl (C=O) groups is 2. The molecular formula is C14H26N2O4. The molecule has 0 spiro atoms. The Balaban J connectivity index is 2.62. The summed E-state index contributed by atoms with van der Waals surface area (Å²) < 4.78 is 5.52. The topological polar surface area (TPSA) is 78.9 Å². The Hall–Kier alpha value is -1.30. The molecule has 0 aromatic carbocycles. The number of amides is 2. The predicted octanol–water partition coefficient (Wildman–Crippen LogP) is 1.70. The van der Waals surface area contributed by atoms with Crippen LogP contribution in [0.3, 0.4) is 0 Å². The highest BCUT2D eigenvalue weighted by atomic mass is 16.5. The van der Waals surface area contributed by atoms with Crippen LogP contribution >= 0.6 is 0 Å². The number of ether oxygens (including phenoxy) is 1. The van der Waals surface area contributed by atoms with Crippen molar-refractivity contribution < 1.29 is 19.4 Å². The number of hydrogen-bond donors (Lipinski definition) is 2. The lowest BCUT2D eigenvalue weighted by atomic mass is 9.87. The summed E-state index contributed by atoms with van der Waals surface area (Å²) in [6.07, 6.45) is 2.04. The van der Waals surface area contributed by atoms with Gasteiger partial charge in [-0.1, -0.05) is 20.8 Å². The van der Waals surface area contributed by atoms with E-state index < -0.39 is 17.4 Å². The number of carboxylic acids is 1. The van der Waals surface area contributed by atoms with Gasteiger partial charge in [-0.2, -0.15) is 0 Å². The first-order valence-corrected chi connectivity index (χ1v) is 7.15. The Kier molecular flexibility index (Phi) is 5.80. The van der Waals surface area contributed by atoms with Crippen LogP contribution in [0.1, 0.15) is 40.5 Å². The number of carboxylic acid groups (broad SMARTS) is 1. The minimum atomic E-state index is -1.01. The maximum Gasteiger partial charge on any atom is 0.326 e. The second kappa shape index (κ2) is 6.92. The van der Waals surface area contributed by atoms with E-state index in [-0.39, 0.29) is 12.1 Å². The van der Waals surface area contributed by atoms with Crippen LogP contribution in [0, 0.1) is 5.41 Å². The molecule has 1 aliphatic rings. The highest BCUT2D eigenvalue weighted by Crippen LogP contribution is 2.20. The molecular weight excluding hydrogens is 260 g/mol. The van der Waals surface area contributed by atoms with E-state index in [1.165, 1.54) is 0 Å². The molecule has 1 unspecified atom stereocenters. The zero-order valence-electron chi connectivity index (χ0n) is 12.8. The molecule has 0 aromatic heterocycles. The molecule has 2 amide bonds. The molecule has 1 saturated heterocycles. The zero-order chi connectivity index (χ0) is 15.3. The molecule has 1 aliphatic heterocycles. The van der Waals surface area contributed by atoms with Gasteiger partial charge in [-0.3, -0.25) is 0 Å². The number of likely N-dealkylation sites (N-methyl/N-ethyl adjacent to an activating group) is 1. The normalized spacial score (nSPS) is 20.5. The Morgan fingerprint density at radius 1 is 1.45 bits per heavy atom. The van der Waals surface area contributed by atoms with Crippen LogP contribution in [0.2, 0.25) is 0 Å². The molecule has 1 fully saturated rings. The molecule has 6 heteroatoms. The summed E-state index contributed by atoms with van der Waals surface area (Å²) in [5.74, 6) is -1.01. The van der Waals surface area contributed by atoms with Crippen molar-refractivity contribution in [3.63, 3.8) is 0 Å². The highest BCUT2D eigenvalue weighted by Gasteiger charge is 2.34. The van der Waals surface area contributed by atoms with Crippen molar-refractivity contribution in [3.8, 4) is 0 Å². The largest absolute Gasteiger partial charge is 0.480 e. The summed E-state index contributed by atoms with van der Waals surface area (Å²) >= 11 is 0. The monoisotopic (exact) mass is 286 g/mol. The van der Waals surface area contributed by atoms with Crippen molar-refractivity contribution in [2.75, 3.05) is 19.7 Å². The van der Waals surface area contributed by atoms with Crippen molar-refractivity contribution in [1.82, 2.24) is 10.2 Å². The standard InChI is InChI=1S/C14H26N2O4/c1-5-16(9-10-7-6-8-20-10)13(19)15-11(12(17)18)14(2,3)4/h10-11H,5-9H2,1-4H3,(H,15,19)(H,17,18)/t10?,11-/m0/s1. The van der Waals surface area contributed by atoms with Crippen molar-refractivity contribution >= 4 is 12.0 Å². The Labute approximate surface area is 120 Å². The summed E-state index contributed by atoms with van der Waals surface area (Å²) in [6.45, 7) is 9.04. The number of hydrogen-bond acceptors (Lipinski definition) is 3. The van der Waals surface area contributed by atoms with E-state index in [9.17, 15) is 14.7 Å². The van der Waals surface area contributed by atoms with Crippen LogP contribution in [0.25, 0.3) is 0 Å². The zero-order valence-corrected chi connectivity index (χ0v) is 12.8. The fraction of sp³-hybridized carbons (Fsp3) is 0.857. The maximum absolute atomic E-state index is 12.2. The summed E-state index contributed by atoms with van der Waals surface area (Å²) in [5.41, 5.74) is -0.537. The molecule has 6 nitrogen and oxygen atoms in total. The Morgan fingerprint density at radius 2 is 2.10 bits per heavy atom. The first-order valence-electron chi connectivity index (χ1n) is 7.15. The molecule has 2 atom stereocenters. The lowest BCUT2D eigenvalue weighted by molar-refractivity contribution is -0.142. The van der Waals surface area contributed by atoms with E-state index in [2.05, 4.69) is 5.32 Å². The van der Waals surface area contributed by atoms with Gasteiger partial charge in [0, 0.05) is 19.7 Å². The van der Waals surface area contributed by atoms with Gasteiger partial charge in [0.25, 0.3) is 0 Å². The molecule has 20 heavy (non-hydrogen) atoms. The fourth-order valence-electron chi connectivity index (χ4n) is 2.25. The molecule has 1 rings (SSSR count). The minimum absolute atomic E-state index is 0.0682. The van der Waals surface area contributed by atoms with Gasteiger partial charge in [0.15, 0.2) is 0 Å². The number of urea groups is 1. The SMILES string of the molecule is CCN(CC1CCCO1)C(=O)N[C@@H](C(=O)O)C(C)(C)C. The van der Waals surface area contributed by atoms with E-state index >= 15 is 0 Å². The summed E-state index contributed by atoms with van der Waals surface area (Å²) in [5, 5.41) is 11.9. The van der Waals surface area contributed by atoms with Crippen molar-refractivity contribution in [2.24, 2.45) is 5.41 Å². The van der Waals surface area contributed by atoms with Crippen LogP contribution in [-0.2, 0) is 9.53 Å². The van der Waals surface area contributed by atoms with Gasteiger partial charge in [0.05, 0.1) is 6.10 Å². The van der Waals surface area contributed by atoms with Gasteiger partial charge in [0.1, 0.15) is 6.04 Å². The van der Waals surface area contributed by atoms with E-state index in [0.717, 1.165) is 19.4 Å². The van der Waals surface area contributed by atoms with Crippen molar-refractivity contribution in [3.05, 3.63) is 0 Å². The molecule has 0 saturated carbocycles. The Morgan fingerprint density at radius 3 is 2.50 bits per heavy atom. The van der Waals surface area contributed by atoms with Gasteiger partial charge in [0.2, 0.25) is 0 Å². The average Bonchev–Trinajstić information content (AvgIpc) is 2.83. The second-order valence-corrected chi connectivity index (χ2v) is 6.26. The lowest BCUT2D eigenvalue weighted by Gasteiger charge is -2.31. The molecule has 0 bridgehead atoms. The van der Waals surface area contributed by atoms with Crippen molar-refractivity contribution in [2.45, 2.75) is 52.7 Å². The first-order chi connectivity index (χ1) is 9.25. The second-order valence-electron chi connectivity index (χ2n) is 6.26. The maximum atomic E-state index is 12.2. The minimum Gasteiger partial charge on any atom is -0.480 e. The van der Waals surface area contributed by atoms with Gasteiger partial charge in [-0.15, -0.1) is 0 Å². The third-order valence-electron chi connectivity index (χ3n) is 3.50. The molecule has 0 radical (unpaired) electrons. The van der Waals surface area contributed by atoms with Crippen LogP contribution in [0.15, 0.2) is 0 Å². The molecule has 0 aliphatic carbocycles. The van der Waals surface area contributed by atoms with Gasteiger partial charge < -0.3 is 20.1 Å². The van der Waals surface area contributed by atoms with Crippen molar-refractivity contribution in [1.29, 1.82) is 0 Å². The van der Waals surface area contributed by atoms with Gasteiger partial charge in [-0.05, 0) is 25.2 Å². The molecule has 116 valence electrons. The number of carbonyl (C=O) groups excluding carboxylic acids is 1. The van der Waals surface area contributed by atoms with E-state index in [0.29, 0.717) is 13.1 Å². The van der Waals surface area contributed by atoms with Crippen LogP contribution in [-0.4, -0.2) is 53.8 Å².